The predicted octanol–water partition coefficient (Wildman–Crippen LogP) is 2.53. The molecule has 0 fully saturated rings. The van der Waals surface area contributed by atoms with Gasteiger partial charge < -0.3 is 15.3 Å². The van der Waals surface area contributed by atoms with Gasteiger partial charge in [-0.05, 0) is 36.2 Å². The van der Waals surface area contributed by atoms with Crippen molar-refractivity contribution in [1.82, 2.24) is 14.1 Å². The van der Waals surface area contributed by atoms with E-state index in [-0.39, 0.29) is 22.4 Å². The number of imidazole rings is 1. The second-order valence-corrected chi connectivity index (χ2v) is 7.38. The number of pyridine rings is 1. The van der Waals surface area contributed by atoms with E-state index in [0.717, 1.165) is 16.7 Å². The minimum absolute atomic E-state index is 0.102. The Balaban J connectivity index is 2.31. The van der Waals surface area contributed by atoms with Crippen molar-refractivity contribution >= 4 is 29.3 Å². The van der Waals surface area contributed by atoms with Crippen molar-refractivity contribution in [2.45, 2.75) is 20.1 Å². The number of nitrogens with zero attached hydrogens (tertiary/aromatic N) is 8. The number of carboxylic acids is 2. The van der Waals surface area contributed by atoms with Crippen LogP contribution in [0.5, 0.6) is 5.88 Å². The van der Waals surface area contributed by atoms with E-state index in [1.165, 1.54) is 13.0 Å². The van der Waals surface area contributed by atoms with Gasteiger partial charge in [-0.15, -0.1) is 10.2 Å². The molecule has 0 saturated heterocycles. The number of nitriles is 2. The molecule has 0 amide bonds. The number of aromatic carboxylic acids is 1. The summed E-state index contributed by atoms with van der Waals surface area (Å²) in [6, 6.07) is 6.65. The van der Waals surface area contributed by atoms with Gasteiger partial charge in [0.1, 0.15) is 31.0 Å². The number of azo groups is 1. The maximum absolute atomic E-state index is 13.4. The van der Waals surface area contributed by atoms with Crippen LogP contribution in [0.3, 0.4) is 0 Å². The number of hydrogen-bond acceptors (Lipinski definition) is 11. The molecular weight excluding hydrogens is 504 g/mol. The summed E-state index contributed by atoms with van der Waals surface area (Å²) >= 11 is 0. The number of carbonyl (C=O) groups is 2. The third-order valence-corrected chi connectivity index (χ3v) is 5.06. The molecule has 0 spiro atoms. The molecule has 4 N–H and O–H groups in total. The lowest BCUT2D eigenvalue weighted by Gasteiger charge is -2.15. The molecule has 38 heavy (non-hydrogen) atoms. The highest BCUT2D eigenvalue weighted by atomic mass is 17.1. The van der Waals surface area contributed by atoms with Crippen molar-refractivity contribution in [3.8, 4) is 23.7 Å². The number of rotatable bonds is 8. The van der Waals surface area contributed by atoms with E-state index in [2.05, 4.69) is 24.9 Å². The van der Waals surface area contributed by atoms with Gasteiger partial charge in [-0.3, -0.25) is 24.0 Å². The van der Waals surface area contributed by atoms with Crippen molar-refractivity contribution in [3.63, 3.8) is 0 Å². The van der Waals surface area contributed by atoms with Crippen LogP contribution in [0.4, 0.5) is 17.3 Å². The van der Waals surface area contributed by atoms with E-state index in [4.69, 9.17) is 16.9 Å². The third-order valence-electron chi connectivity index (χ3n) is 5.06. The maximum atomic E-state index is 13.4. The second kappa shape index (κ2) is 10.8. The van der Waals surface area contributed by atoms with Gasteiger partial charge in [-0.1, -0.05) is 0 Å². The first-order valence-corrected chi connectivity index (χ1v) is 10.1. The summed E-state index contributed by atoms with van der Waals surface area (Å²) in [6.45, 7) is 7.43. The highest BCUT2D eigenvalue weighted by Gasteiger charge is 2.23. The van der Waals surface area contributed by atoms with Crippen LogP contribution in [0.15, 0.2) is 33.2 Å². The van der Waals surface area contributed by atoms with E-state index in [1.54, 1.807) is 12.1 Å². The van der Waals surface area contributed by atoms with Crippen LogP contribution in [0, 0.1) is 36.2 Å². The number of aromatic hydroxyl groups is 1. The lowest BCUT2D eigenvalue weighted by atomic mass is 10.1. The Labute approximate surface area is 211 Å². The maximum Gasteiger partial charge on any atom is 0.335 e. The largest absolute Gasteiger partial charge is 0.502 e. The molecule has 0 atom stereocenters. The summed E-state index contributed by atoms with van der Waals surface area (Å²) in [5.41, 5.74) is -3.45. The molecule has 16 heteroatoms. The molecule has 190 valence electrons. The molecule has 0 radical (unpaired) electrons. The normalized spacial score (nSPS) is 10.6. The molecule has 0 saturated carbocycles. The fraction of sp³-hybridized carbons (Fsp3) is 0.136. The predicted molar refractivity (Wildman–Crippen MR) is 123 cm³/mol. The van der Waals surface area contributed by atoms with E-state index in [9.17, 15) is 35.1 Å². The van der Waals surface area contributed by atoms with Crippen LogP contribution < -0.4 is 5.56 Å². The van der Waals surface area contributed by atoms with E-state index < -0.39 is 65.2 Å². The third kappa shape index (κ3) is 4.91. The first kappa shape index (κ1) is 26.7. The van der Waals surface area contributed by atoms with Crippen LogP contribution in [0.25, 0.3) is 10.5 Å². The SMILES string of the molecule is [C-]#[N+]c1c(C)c(N=Nc2nc(C#N)c(C#N)n2CC(=O)O)c(=O)n(-c2cc(COO)cc(C(=O)O)c2)c1O. The molecule has 2 heterocycles. The highest BCUT2D eigenvalue weighted by Crippen LogP contribution is 2.36. The Hall–Kier alpha value is -5.89. The first-order chi connectivity index (χ1) is 18.1. The van der Waals surface area contributed by atoms with Crippen LogP contribution in [0.1, 0.15) is 32.9 Å². The topological polar surface area (TPSA) is 241 Å². The standard InChI is InChI=1S/C22H14N8O8/c1-10-17(25-2)19(33)30(13-4-11(9-38-37)3-12(5-13)21(35)36)20(34)18(10)27-28-22-26-14(6-23)15(7-24)29(22)8-16(31)32/h3-5,33,37H,8-9H2,1H3,(H,31,32)(H,35,36). The molecule has 0 aliphatic carbocycles. The molecule has 0 aliphatic heterocycles. The van der Waals surface area contributed by atoms with Crippen LogP contribution >= 0.6 is 0 Å². The summed E-state index contributed by atoms with van der Waals surface area (Å²) in [4.78, 5) is 47.2. The summed E-state index contributed by atoms with van der Waals surface area (Å²) in [5.74, 6) is -4.13. The van der Waals surface area contributed by atoms with Gasteiger partial charge in [0.05, 0.1) is 17.8 Å². The Morgan fingerprint density at radius 1 is 1.21 bits per heavy atom. The highest BCUT2D eigenvalue weighted by molar-refractivity contribution is 5.88. The quantitative estimate of drug-likeness (QED) is 0.146. The molecule has 16 nitrogen and oxygen atoms in total. The van der Waals surface area contributed by atoms with Crippen LogP contribution in [-0.2, 0) is 22.8 Å². The number of hydrogen-bond donors (Lipinski definition) is 4. The summed E-state index contributed by atoms with van der Waals surface area (Å²) < 4.78 is 1.37. The molecule has 0 bridgehead atoms. The fourth-order valence-corrected chi connectivity index (χ4v) is 3.41. The van der Waals surface area contributed by atoms with Crippen molar-refractivity contribution in [1.29, 1.82) is 10.5 Å². The number of aliphatic carboxylic acids is 1. The summed E-state index contributed by atoms with van der Waals surface area (Å²) in [7, 11) is 0. The smallest absolute Gasteiger partial charge is 0.335 e. The molecule has 0 unspecified atom stereocenters. The van der Waals surface area contributed by atoms with E-state index in [0.29, 0.717) is 4.57 Å². The average molecular weight is 518 g/mol. The van der Waals surface area contributed by atoms with Gasteiger partial charge in [-0.25, -0.2) is 14.5 Å². The minimum Gasteiger partial charge on any atom is -0.502 e. The van der Waals surface area contributed by atoms with Gasteiger partial charge in [0, 0.05) is 0 Å². The average Bonchev–Trinajstić information content (AvgIpc) is 3.19. The van der Waals surface area contributed by atoms with Gasteiger partial charge in [0.2, 0.25) is 5.88 Å². The van der Waals surface area contributed by atoms with E-state index in [1.807, 2.05) is 0 Å². The lowest BCUT2D eigenvalue weighted by Crippen LogP contribution is -2.19. The molecule has 1 aromatic carbocycles. The fourth-order valence-electron chi connectivity index (χ4n) is 3.41. The Morgan fingerprint density at radius 3 is 2.47 bits per heavy atom. The van der Waals surface area contributed by atoms with Crippen molar-refractivity contribution in [2.24, 2.45) is 10.2 Å². The van der Waals surface area contributed by atoms with Crippen molar-refractivity contribution in [3.05, 3.63) is 68.0 Å². The zero-order chi connectivity index (χ0) is 28.1. The van der Waals surface area contributed by atoms with Crippen molar-refractivity contribution < 1.29 is 35.1 Å². The summed E-state index contributed by atoms with van der Waals surface area (Å²) in [5, 5.41) is 64.1. The minimum atomic E-state index is -1.40. The van der Waals surface area contributed by atoms with Crippen LogP contribution in [-0.4, -0.2) is 46.6 Å². The van der Waals surface area contributed by atoms with E-state index >= 15 is 0 Å². The first-order valence-electron chi connectivity index (χ1n) is 10.1. The van der Waals surface area contributed by atoms with Crippen LogP contribution in [0.2, 0.25) is 0 Å². The Kier molecular flexibility index (Phi) is 7.59. The Bertz CT molecular complexity index is 1700. The Morgan fingerprint density at radius 2 is 1.92 bits per heavy atom. The van der Waals surface area contributed by atoms with Gasteiger partial charge in [-0.2, -0.15) is 15.5 Å². The molecule has 3 rings (SSSR count). The van der Waals surface area contributed by atoms with Crippen molar-refractivity contribution in [2.75, 3.05) is 0 Å². The summed E-state index contributed by atoms with van der Waals surface area (Å²) in [6.07, 6.45) is 0. The van der Waals surface area contributed by atoms with Gasteiger partial charge >= 0.3 is 11.9 Å². The monoisotopic (exact) mass is 518 g/mol. The number of aromatic nitrogens is 3. The van der Waals surface area contributed by atoms with Gasteiger partial charge in [0.25, 0.3) is 17.2 Å². The molecule has 2 aromatic heterocycles. The second-order valence-electron chi connectivity index (χ2n) is 7.38. The molecule has 3 aromatic rings. The van der Waals surface area contributed by atoms with Gasteiger partial charge in [0.15, 0.2) is 11.4 Å². The molecule has 0 aliphatic rings. The lowest BCUT2D eigenvalue weighted by molar-refractivity contribution is -0.253. The number of benzene rings is 1. The zero-order valence-electron chi connectivity index (χ0n) is 19.1. The zero-order valence-corrected chi connectivity index (χ0v) is 19.1. The number of carboxylic acid groups (broad SMARTS) is 2. The molecular formula is C22H14N8O8.